The quantitative estimate of drug-likeness (QED) is 0.816. The van der Waals surface area contributed by atoms with E-state index < -0.39 is 0 Å². The van der Waals surface area contributed by atoms with Crippen LogP contribution in [0.2, 0.25) is 0 Å². The number of rotatable bonds is 6. The minimum atomic E-state index is -0.126. The fourth-order valence-electron chi connectivity index (χ4n) is 2.09. The van der Waals surface area contributed by atoms with Crippen LogP contribution in [0.1, 0.15) is 24.2 Å². The van der Waals surface area contributed by atoms with Gasteiger partial charge in [0.1, 0.15) is 5.69 Å². The summed E-state index contributed by atoms with van der Waals surface area (Å²) < 4.78 is 5.44. The number of aromatic nitrogens is 3. The van der Waals surface area contributed by atoms with E-state index in [2.05, 4.69) is 15.0 Å². The molecular formula is C16H20N4O2. The van der Waals surface area contributed by atoms with Crippen molar-refractivity contribution in [3.8, 4) is 11.5 Å². The maximum atomic E-state index is 12.3. The van der Waals surface area contributed by atoms with Crippen LogP contribution in [0.25, 0.3) is 11.5 Å². The molecule has 0 radical (unpaired) electrons. The summed E-state index contributed by atoms with van der Waals surface area (Å²) in [6, 6.07) is 5.52. The Labute approximate surface area is 130 Å². The topological polar surface area (TPSA) is 68.2 Å². The van der Waals surface area contributed by atoms with Crippen molar-refractivity contribution in [2.24, 2.45) is 0 Å². The van der Waals surface area contributed by atoms with Crippen molar-refractivity contribution >= 4 is 5.91 Å². The predicted molar refractivity (Wildman–Crippen MR) is 83.3 cm³/mol. The number of carbonyl (C=O) groups excluding carboxylic acids is 1. The lowest BCUT2D eigenvalue weighted by atomic mass is 10.2. The summed E-state index contributed by atoms with van der Waals surface area (Å²) in [7, 11) is 1.74. The molecule has 0 aliphatic carbocycles. The Balaban J connectivity index is 2.05. The van der Waals surface area contributed by atoms with Gasteiger partial charge in [0.15, 0.2) is 5.82 Å². The smallest absolute Gasteiger partial charge is 0.256 e. The van der Waals surface area contributed by atoms with Crippen molar-refractivity contribution < 1.29 is 9.53 Å². The Bertz CT molecular complexity index is 601. The molecule has 1 atom stereocenters. The summed E-state index contributed by atoms with van der Waals surface area (Å²) in [4.78, 5) is 26.5. The molecule has 2 aromatic rings. The molecule has 0 aromatic carbocycles. The Morgan fingerprint density at radius 1 is 1.27 bits per heavy atom. The summed E-state index contributed by atoms with van der Waals surface area (Å²) >= 11 is 0. The molecule has 1 unspecified atom stereocenters. The predicted octanol–water partition coefficient (Wildman–Crippen LogP) is 2.04. The molecule has 6 nitrogen and oxygen atoms in total. The van der Waals surface area contributed by atoms with E-state index in [1.54, 1.807) is 18.1 Å². The van der Waals surface area contributed by atoms with E-state index in [-0.39, 0.29) is 12.0 Å². The first-order valence-electron chi connectivity index (χ1n) is 7.22. The van der Waals surface area contributed by atoms with Crippen LogP contribution >= 0.6 is 0 Å². The molecule has 0 saturated carbocycles. The second-order valence-electron chi connectivity index (χ2n) is 4.96. The molecule has 6 heteroatoms. The van der Waals surface area contributed by atoms with Gasteiger partial charge in [-0.25, -0.2) is 9.97 Å². The molecule has 2 rings (SSSR count). The van der Waals surface area contributed by atoms with Gasteiger partial charge >= 0.3 is 0 Å². The lowest BCUT2D eigenvalue weighted by Gasteiger charge is -2.21. The zero-order valence-electron chi connectivity index (χ0n) is 13.1. The fourth-order valence-corrected chi connectivity index (χ4v) is 2.09. The van der Waals surface area contributed by atoms with Crippen LogP contribution in [0.4, 0.5) is 0 Å². The summed E-state index contributed by atoms with van der Waals surface area (Å²) in [5, 5.41) is 0. The number of likely N-dealkylation sites (N-methyl/N-ethyl adjacent to an activating group) is 1. The largest absolute Gasteiger partial charge is 0.377 e. The van der Waals surface area contributed by atoms with Crippen molar-refractivity contribution in [3.63, 3.8) is 0 Å². The summed E-state index contributed by atoms with van der Waals surface area (Å²) in [6.45, 7) is 5.02. The Kier molecular flexibility index (Phi) is 5.55. The third kappa shape index (κ3) is 4.08. The van der Waals surface area contributed by atoms with Crippen molar-refractivity contribution in [2.75, 3.05) is 20.2 Å². The minimum absolute atomic E-state index is 0.00680. The standard InChI is InChI=1S/C16H20N4O2/c1-4-22-12(2)11-20(3)16(21)13-9-18-15(19-10-13)14-7-5-6-8-17-14/h5-10,12H,4,11H2,1-3H3. The number of ether oxygens (including phenoxy) is 1. The monoisotopic (exact) mass is 300 g/mol. The lowest BCUT2D eigenvalue weighted by molar-refractivity contribution is 0.0436. The van der Waals surface area contributed by atoms with Gasteiger partial charge in [0, 0.05) is 38.8 Å². The fraction of sp³-hybridized carbons (Fsp3) is 0.375. The van der Waals surface area contributed by atoms with E-state index in [0.29, 0.717) is 30.2 Å². The third-order valence-electron chi connectivity index (χ3n) is 3.12. The van der Waals surface area contributed by atoms with E-state index in [1.807, 2.05) is 32.0 Å². The minimum Gasteiger partial charge on any atom is -0.377 e. The van der Waals surface area contributed by atoms with Gasteiger partial charge in [-0.1, -0.05) is 6.07 Å². The van der Waals surface area contributed by atoms with Crippen LogP contribution < -0.4 is 0 Å². The maximum absolute atomic E-state index is 12.3. The highest BCUT2D eigenvalue weighted by Crippen LogP contribution is 2.11. The summed E-state index contributed by atoms with van der Waals surface area (Å²) in [5.41, 5.74) is 1.13. The van der Waals surface area contributed by atoms with Crippen molar-refractivity contribution in [2.45, 2.75) is 20.0 Å². The molecule has 1 amide bonds. The third-order valence-corrected chi connectivity index (χ3v) is 3.12. The van der Waals surface area contributed by atoms with Gasteiger partial charge in [0.25, 0.3) is 5.91 Å². The molecule has 0 fully saturated rings. The van der Waals surface area contributed by atoms with Crippen molar-refractivity contribution in [3.05, 3.63) is 42.4 Å². The highest BCUT2D eigenvalue weighted by atomic mass is 16.5. The van der Waals surface area contributed by atoms with Crippen LogP contribution in [-0.2, 0) is 4.74 Å². The molecule has 0 spiro atoms. The van der Waals surface area contributed by atoms with Gasteiger partial charge in [0.05, 0.1) is 11.7 Å². The molecular weight excluding hydrogens is 280 g/mol. The molecule has 0 N–H and O–H groups in total. The van der Waals surface area contributed by atoms with Crippen LogP contribution in [0.15, 0.2) is 36.8 Å². The van der Waals surface area contributed by atoms with Gasteiger partial charge in [0.2, 0.25) is 0 Å². The second-order valence-corrected chi connectivity index (χ2v) is 4.96. The Hall–Kier alpha value is -2.34. The number of nitrogens with zero attached hydrogens (tertiary/aromatic N) is 4. The molecule has 0 saturated heterocycles. The Morgan fingerprint density at radius 2 is 2.00 bits per heavy atom. The maximum Gasteiger partial charge on any atom is 0.256 e. The lowest BCUT2D eigenvalue weighted by Crippen LogP contribution is -2.34. The number of pyridine rings is 1. The van der Waals surface area contributed by atoms with E-state index in [1.165, 1.54) is 12.4 Å². The van der Waals surface area contributed by atoms with Gasteiger partial charge in [-0.2, -0.15) is 0 Å². The van der Waals surface area contributed by atoms with Crippen molar-refractivity contribution in [1.82, 2.24) is 19.9 Å². The summed E-state index contributed by atoms with van der Waals surface area (Å²) in [5.74, 6) is 0.376. The zero-order chi connectivity index (χ0) is 15.9. The van der Waals surface area contributed by atoms with E-state index >= 15 is 0 Å². The second kappa shape index (κ2) is 7.61. The van der Waals surface area contributed by atoms with Crippen LogP contribution in [0, 0.1) is 0 Å². The van der Waals surface area contributed by atoms with Crippen LogP contribution in [0.5, 0.6) is 0 Å². The van der Waals surface area contributed by atoms with Gasteiger partial charge in [-0.05, 0) is 26.0 Å². The van der Waals surface area contributed by atoms with Gasteiger partial charge in [-0.3, -0.25) is 9.78 Å². The normalized spacial score (nSPS) is 12.0. The first kappa shape index (κ1) is 16.0. The van der Waals surface area contributed by atoms with Crippen LogP contribution in [-0.4, -0.2) is 52.1 Å². The number of carbonyl (C=O) groups is 1. The molecule has 0 bridgehead atoms. The van der Waals surface area contributed by atoms with Crippen molar-refractivity contribution in [1.29, 1.82) is 0 Å². The van der Waals surface area contributed by atoms with Gasteiger partial charge < -0.3 is 9.64 Å². The highest BCUT2D eigenvalue weighted by molar-refractivity contribution is 5.93. The van der Waals surface area contributed by atoms with E-state index in [0.717, 1.165) is 0 Å². The van der Waals surface area contributed by atoms with E-state index in [4.69, 9.17) is 4.74 Å². The first-order chi connectivity index (χ1) is 10.6. The average Bonchev–Trinajstić information content (AvgIpc) is 2.55. The summed E-state index contributed by atoms with van der Waals surface area (Å²) in [6.07, 6.45) is 4.73. The SMILES string of the molecule is CCOC(C)CN(C)C(=O)c1cnc(-c2ccccn2)nc1. The molecule has 0 aliphatic rings. The Morgan fingerprint density at radius 3 is 2.59 bits per heavy atom. The van der Waals surface area contributed by atoms with Gasteiger partial charge in [-0.15, -0.1) is 0 Å². The first-order valence-corrected chi connectivity index (χ1v) is 7.22. The zero-order valence-corrected chi connectivity index (χ0v) is 13.1. The molecule has 0 aliphatic heterocycles. The molecule has 2 heterocycles. The molecule has 116 valence electrons. The van der Waals surface area contributed by atoms with Crippen LogP contribution in [0.3, 0.4) is 0 Å². The highest BCUT2D eigenvalue weighted by Gasteiger charge is 2.15. The molecule has 2 aromatic heterocycles. The molecule has 22 heavy (non-hydrogen) atoms. The number of hydrogen-bond donors (Lipinski definition) is 0. The number of hydrogen-bond acceptors (Lipinski definition) is 5. The number of amides is 1. The average molecular weight is 300 g/mol. The van der Waals surface area contributed by atoms with E-state index in [9.17, 15) is 4.79 Å².